The zero-order valence-electron chi connectivity index (χ0n) is 15.1. The summed E-state index contributed by atoms with van der Waals surface area (Å²) in [5.74, 6) is 0.310. The minimum Gasteiger partial charge on any atom is -1.00 e. The van der Waals surface area contributed by atoms with Crippen LogP contribution in [0.4, 0.5) is 0 Å². The summed E-state index contributed by atoms with van der Waals surface area (Å²) < 4.78 is 0. The van der Waals surface area contributed by atoms with Crippen molar-refractivity contribution in [3.8, 4) is 11.1 Å². The van der Waals surface area contributed by atoms with E-state index in [9.17, 15) is 0 Å². The van der Waals surface area contributed by atoms with Gasteiger partial charge < -0.3 is 24.8 Å². The van der Waals surface area contributed by atoms with Gasteiger partial charge in [-0.1, -0.05) is 66.7 Å². The van der Waals surface area contributed by atoms with Crippen molar-refractivity contribution in [2.75, 3.05) is 0 Å². The van der Waals surface area contributed by atoms with Crippen LogP contribution in [0, 0.1) is 0 Å². The molecule has 1 atom stereocenters. The smallest absolute Gasteiger partial charge is 1.00 e. The summed E-state index contributed by atoms with van der Waals surface area (Å²) in [5.41, 5.74) is 7.01. The number of halogens is 3. The third kappa shape index (κ3) is 2.72. The summed E-state index contributed by atoms with van der Waals surface area (Å²) >= 11 is 6.85. The van der Waals surface area contributed by atoms with E-state index in [1.807, 2.05) is 0 Å². The first-order valence-electron chi connectivity index (χ1n) is 8.78. The fourth-order valence-corrected chi connectivity index (χ4v) is 8.66. The first-order valence-corrected chi connectivity index (χ1v) is 12.3. The van der Waals surface area contributed by atoms with Crippen molar-refractivity contribution in [2.24, 2.45) is 0 Å². The van der Waals surface area contributed by atoms with Gasteiger partial charge in [0.05, 0.1) is 0 Å². The number of rotatable bonds is 1. The van der Waals surface area contributed by atoms with E-state index in [4.69, 9.17) is 11.1 Å². The van der Waals surface area contributed by atoms with Gasteiger partial charge in [-0.3, -0.25) is 0 Å². The molecule has 5 heteroatoms. The Morgan fingerprint density at radius 2 is 1.32 bits per heavy atom. The molecule has 0 saturated carbocycles. The standard InChI is InChI=1S/C23H16ClSi.2ClH.Ti/c1-25(24)20-13-14-7-6-12-19(21(14)23(20)25)22-17-10-4-2-8-15(17)16-9-3-5-11-18(16)22;;;/h2-13,22H,1H3;2*1H;/q-1;;;+3/p-2. The van der Waals surface area contributed by atoms with E-state index in [2.05, 4.69) is 79.3 Å². The van der Waals surface area contributed by atoms with Gasteiger partial charge in [-0.05, 0) is 22.3 Å². The average Bonchev–Trinajstić information content (AvgIpc) is 2.97. The van der Waals surface area contributed by atoms with Crippen molar-refractivity contribution in [1.29, 1.82) is 0 Å². The second-order valence-corrected chi connectivity index (χ2v) is 12.7. The van der Waals surface area contributed by atoms with Crippen LogP contribution < -0.4 is 35.2 Å². The summed E-state index contributed by atoms with van der Waals surface area (Å²) in [4.78, 5) is 0. The molecule has 0 bridgehead atoms. The fourth-order valence-electron chi connectivity index (χ4n) is 4.84. The molecule has 6 rings (SSSR count). The van der Waals surface area contributed by atoms with Crippen LogP contribution in [0.25, 0.3) is 21.9 Å². The van der Waals surface area contributed by atoms with Gasteiger partial charge in [0.25, 0.3) is 0 Å². The molecular weight excluding hydrogens is 459 g/mol. The molecule has 0 aromatic heterocycles. The van der Waals surface area contributed by atoms with E-state index < -0.39 is 7.38 Å². The number of benzene rings is 3. The SMILES string of the molecule is C[Si]1(Cl)c2[cH-]c3cccc(C4c5ccccc5-c5ccccc54)c3c21.[Cl-].[Cl-].[Ti+3]. The molecule has 1 heterocycles. The van der Waals surface area contributed by atoms with E-state index in [1.54, 1.807) is 0 Å². The molecule has 4 aromatic rings. The zero-order valence-corrected chi connectivity index (χ0v) is 20.0. The van der Waals surface area contributed by atoms with Crippen molar-refractivity contribution >= 4 is 39.6 Å². The van der Waals surface area contributed by atoms with Gasteiger partial charge in [0.2, 0.25) is 0 Å². The summed E-state index contributed by atoms with van der Waals surface area (Å²) in [6, 6.07) is 26.8. The van der Waals surface area contributed by atoms with Crippen molar-refractivity contribution in [3.63, 3.8) is 0 Å². The Hall–Kier alpha value is -0.929. The Kier molecular flexibility index (Phi) is 5.75. The van der Waals surface area contributed by atoms with Crippen LogP contribution >= 0.6 is 11.1 Å². The molecule has 28 heavy (non-hydrogen) atoms. The Bertz CT molecular complexity index is 1150. The predicted molar refractivity (Wildman–Crippen MR) is 109 cm³/mol. The van der Waals surface area contributed by atoms with E-state index in [0.717, 1.165) is 0 Å². The van der Waals surface area contributed by atoms with Crippen LogP contribution in [0.15, 0.2) is 72.8 Å². The molecule has 137 valence electrons. The van der Waals surface area contributed by atoms with Crippen LogP contribution in [0.3, 0.4) is 0 Å². The molecule has 2 aliphatic rings. The van der Waals surface area contributed by atoms with Gasteiger partial charge in [-0.15, -0.1) is 39.3 Å². The summed E-state index contributed by atoms with van der Waals surface area (Å²) in [5, 5.41) is 5.70. The maximum atomic E-state index is 6.85. The molecule has 0 saturated heterocycles. The first-order chi connectivity index (χ1) is 12.2. The largest absolute Gasteiger partial charge is 3.00 e. The second-order valence-electron chi connectivity index (χ2n) is 7.35. The van der Waals surface area contributed by atoms with Gasteiger partial charge in [0.15, 0.2) is 0 Å². The summed E-state index contributed by atoms with van der Waals surface area (Å²) in [7, 11) is -1.77. The first kappa shape index (κ1) is 21.8. The van der Waals surface area contributed by atoms with E-state index in [1.165, 1.54) is 49.0 Å². The van der Waals surface area contributed by atoms with E-state index in [0.29, 0.717) is 5.92 Å². The maximum Gasteiger partial charge on any atom is 3.00 e. The van der Waals surface area contributed by atoms with Crippen LogP contribution in [0.5, 0.6) is 0 Å². The van der Waals surface area contributed by atoms with Gasteiger partial charge >= 0.3 is 21.7 Å². The maximum absolute atomic E-state index is 6.85. The van der Waals surface area contributed by atoms with Crippen molar-refractivity contribution in [1.82, 2.24) is 0 Å². The Labute approximate surface area is 198 Å². The predicted octanol–water partition coefficient (Wildman–Crippen LogP) is -1.03. The Balaban J connectivity index is 0.000000750. The van der Waals surface area contributed by atoms with Gasteiger partial charge in [0, 0.05) is 5.92 Å². The summed E-state index contributed by atoms with van der Waals surface area (Å²) in [6.45, 7) is 2.26. The summed E-state index contributed by atoms with van der Waals surface area (Å²) in [6.07, 6.45) is 0. The van der Waals surface area contributed by atoms with Gasteiger partial charge in [0.1, 0.15) is 7.38 Å². The Morgan fingerprint density at radius 1 is 0.786 bits per heavy atom. The third-order valence-electron chi connectivity index (χ3n) is 6.01. The normalized spacial score (nSPS) is 18.2. The molecule has 1 unspecified atom stereocenters. The van der Waals surface area contributed by atoms with E-state index in [-0.39, 0.29) is 46.5 Å². The third-order valence-corrected chi connectivity index (χ3v) is 9.80. The van der Waals surface area contributed by atoms with Crippen molar-refractivity contribution in [3.05, 3.63) is 89.5 Å². The zero-order chi connectivity index (χ0) is 16.8. The van der Waals surface area contributed by atoms with Crippen LogP contribution in [0.2, 0.25) is 6.55 Å². The molecule has 0 N–H and O–H groups in total. The molecule has 1 aliphatic heterocycles. The topological polar surface area (TPSA) is 0 Å². The molecule has 4 aromatic carbocycles. The molecule has 1 aliphatic carbocycles. The molecule has 0 fully saturated rings. The van der Waals surface area contributed by atoms with Crippen LogP contribution in [0.1, 0.15) is 22.6 Å². The molecule has 0 amide bonds. The molecule has 1 radical (unpaired) electrons. The van der Waals surface area contributed by atoms with E-state index >= 15 is 0 Å². The molecule has 0 spiro atoms. The average molecular weight is 475 g/mol. The monoisotopic (exact) mass is 473 g/mol. The van der Waals surface area contributed by atoms with Crippen LogP contribution in [-0.4, -0.2) is 7.38 Å². The van der Waals surface area contributed by atoms with Gasteiger partial charge in [-0.25, -0.2) is 0 Å². The molecule has 0 nitrogen and oxygen atoms in total. The number of hydrogen-bond donors (Lipinski definition) is 0. The Morgan fingerprint density at radius 3 is 1.93 bits per heavy atom. The van der Waals surface area contributed by atoms with Gasteiger partial charge in [-0.2, -0.15) is 11.1 Å². The van der Waals surface area contributed by atoms with Crippen LogP contribution in [-0.2, 0) is 21.7 Å². The van der Waals surface area contributed by atoms with Crippen molar-refractivity contribution in [2.45, 2.75) is 12.5 Å². The van der Waals surface area contributed by atoms with Crippen molar-refractivity contribution < 1.29 is 46.5 Å². The fraction of sp³-hybridized carbons (Fsp3) is 0.0870. The second kappa shape index (κ2) is 7.40. The quantitative estimate of drug-likeness (QED) is 0.166. The minimum absolute atomic E-state index is 0. The number of hydrogen-bond acceptors (Lipinski definition) is 0. The molecular formula is C23H16Cl3SiTi. The minimum atomic E-state index is -1.77. The number of fused-ring (bicyclic) bond motifs is 6.